The number of likely N-dealkylation sites (tertiary alicyclic amines) is 2. The Morgan fingerprint density at radius 1 is 1.30 bits per heavy atom. The molecule has 110 valence electrons. The highest BCUT2D eigenvalue weighted by molar-refractivity contribution is 6.07. The number of urea groups is 2. The van der Waals surface area contributed by atoms with Gasteiger partial charge in [0.2, 0.25) is 0 Å². The number of nitrogens with zero attached hydrogens (tertiary/aromatic N) is 3. The monoisotopic (exact) mass is 281 g/mol. The Kier molecular flexibility index (Phi) is 2.86. The molecule has 3 fully saturated rings. The van der Waals surface area contributed by atoms with Crippen molar-refractivity contribution in [2.75, 3.05) is 33.2 Å². The lowest BCUT2D eigenvalue weighted by Gasteiger charge is -2.41. The SMILES string of the molecule is CN1CC(N2C(=O)NC3(CCN(C(N)=O)CC3)C2=O)C1. The van der Waals surface area contributed by atoms with Gasteiger partial charge in [0.25, 0.3) is 5.91 Å². The van der Waals surface area contributed by atoms with Crippen LogP contribution in [0.25, 0.3) is 0 Å². The molecule has 0 saturated carbocycles. The van der Waals surface area contributed by atoms with Crippen LogP contribution < -0.4 is 11.1 Å². The third-order valence-corrected chi connectivity index (χ3v) is 4.53. The Bertz CT molecular complexity index is 466. The maximum Gasteiger partial charge on any atom is 0.325 e. The Labute approximate surface area is 116 Å². The van der Waals surface area contributed by atoms with Crippen molar-refractivity contribution < 1.29 is 14.4 Å². The van der Waals surface area contributed by atoms with E-state index in [1.54, 1.807) is 0 Å². The molecule has 3 aliphatic rings. The lowest BCUT2D eigenvalue weighted by atomic mass is 9.87. The minimum atomic E-state index is -0.836. The summed E-state index contributed by atoms with van der Waals surface area (Å²) in [6, 6.07) is -0.809. The fourth-order valence-electron chi connectivity index (χ4n) is 3.25. The fraction of sp³-hybridized carbons (Fsp3) is 0.750. The van der Waals surface area contributed by atoms with Gasteiger partial charge in [-0.15, -0.1) is 0 Å². The summed E-state index contributed by atoms with van der Waals surface area (Å²) in [5.41, 5.74) is 4.40. The van der Waals surface area contributed by atoms with Gasteiger partial charge in [0, 0.05) is 26.2 Å². The number of carbonyl (C=O) groups is 3. The Morgan fingerprint density at radius 2 is 1.90 bits per heavy atom. The molecule has 0 unspecified atom stereocenters. The van der Waals surface area contributed by atoms with Crippen molar-refractivity contribution in [2.24, 2.45) is 5.73 Å². The van der Waals surface area contributed by atoms with E-state index in [0.29, 0.717) is 25.9 Å². The molecular weight excluding hydrogens is 262 g/mol. The molecule has 1 spiro atoms. The first-order valence-corrected chi connectivity index (χ1v) is 6.82. The lowest BCUT2D eigenvalue weighted by Crippen LogP contribution is -2.61. The van der Waals surface area contributed by atoms with Crippen molar-refractivity contribution in [1.82, 2.24) is 20.0 Å². The van der Waals surface area contributed by atoms with Gasteiger partial charge in [0.1, 0.15) is 5.54 Å². The number of rotatable bonds is 1. The van der Waals surface area contributed by atoms with Crippen LogP contribution in [-0.2, 0) is 4.79 Å². The first-order valence-electron chi connectivity index (χ1n) is 6.82. The average molecular weight is 281 g/mol. The predicted octanol–water partition coefficient (Wildman–Crippen LogP) is -1.23. The van der Waals surface area contributed by atoms with Crippen LogP contribution in [-0.4, -0.2) is 77.5 Å². The molecule has 0 atom stereocenters. The molecule has 0 bridgehead atoms. The molecule has 3 aliphatic heterocycles. The second-order valence-corrected chi connectivity index (χ2v) is 5.89. The van der Waals surface area contributed by atoms with Crippen LogP contribution in [0.5, 0.6) is 0 Å². The van der Waals surface area contributed by atoms with Gasteiger partial charge in [-0.3, -0.25) is 9.69 Å². The Balaban J connectivity index is 1.72. The van der Waals surface area contributed by atoms with Gasteiger partial charge in [0.05, 0.1) is 6.04 Å². The summed E-state index contributed by atoms with van der Waals surface area (Å²) in [7, 11) is 1.95. The molecule has 0 aliphatic carbocycles. The minimum Gasteiger partial charge on any atom is -0.351 e. The first-order chi connectivity index (χ1) is 9.43. The number of piperidine rings is 1. The van der Waals surface area contributed by atoms with E-state index in [0.717, 1.165) is 13.1 Å². The minimum absolute atomic E-state index is 0.0268. The summed E-state index contributed by atoms with van der Waals surface area (Å²) < 4.78 is 0. The molecule has 3 rings (SSSR count). The molecule has 0 aromatic rings. The zero-order valence-electron chi connectivity index (χ0n) is 11.5. The second-order valence-electron chi connectivity index (χ2n) is 5.89. The lowest BCUT2D eigenvalue weighted by molar-refractivity contribution is -0.136. The molecular formula is C12H19N5O3. The van der Waals surface area contributed by atoms with E-state index in [9.17, 15) is 14.4 Å². The number of hydrogen-bond donors (Lipinski definition) is 2. The summed E-state index contributed by atoms with van der Waals surface area (Å²) in [6.45, 7) is 2.25. The van der Waals surface area contributed by atoms with Crippen LogP contribution in [0.1, 0.15) is 12.8 Å². The number of likely N-dealkylation sites (N-methyl/N-ethyl adjacent to an activating group) is 1. The molecule has 5 amide bonds. The number of imide groups is 1. The van der Waals surface area contributed by atoms with E-state index in [-0.39, 0.29) is 18.0 Å². The number of amides is 5. The summed E-state index contributed by atoms with van der Waals surface area (Å²) >= 11 is 0. The number of primary amides is 1. The topological polar surface area (TPSA) is 99.0 Å². The smallest absolute Gasteiger partial charge is 0.325 e. The van der Waals surface area contributed by atoms with Crippen LogP contribution in [0.4, 0.5) is 9.59 Å². The first kappa shape index (κ1) is 13.2. The summed E-state index contributed by atoms with van der Waals surface area (Å²) in [6.07, 6.45) is 0.860. The van der Waals surface area contributed by atoms with Gasteiger partial charge in [-0.2, -0.15) is 0 Å². The zero-order valence-corrected chi connectivity index (χ0v) is 11.5. The zero-order chi connectivity index (χ0) is 14.5. The van der Waals surface area contributed by atoms with E-state index >= 15 is 0 Å². The van der Waals surface area contributed by atoms with Gasteiger partial charge in [-0.05, 0) is 19.9 Å². The van der Waals surface area contributed by atoms with Crippen molar-refractivity contribution in [1.29, 1.82) is 0 Å². The molecule has 8 nitrogen and oxygen atoms in total. The van der Waals surface area contributed by atoms with Crippen molar-refractivity contribution in [3.63, 3.8) is 0 Å². The molecule has 0 radical (unpaired) electrons. The van der Waals surface area contributed by atoms with Crippen LogP contribution in [0.2, 0.25) is 0 Å². The van der Waals surface area contributed by atoms with Gasteiger partial charge in [0.15, 0.2) is 0 Å². The third kappa shape index (κ3) is 1.82. The van der Waals surface area contributed by atoms with E-state index in [1.807, 2.05) is 7.05 Å². The molecule has 0 aromatic heterocycles. The normalized spacial score (nSPS) is 26.9. The summed E-state index contributed by atoms with van der Waals surface area (Å²) in [4.78, 5) is 40.7. The average Bonchev–Trinajstić information content (AvgIpc) is 2.58. The van der Waals surface area contributed by atoms with Gasteiger partial charge < -0.3 is 20.9 Å². The van der Waals surface area contributed by atoms with Crippen LogP contribution >= 0.6 is 0 Å². The van der Waals surface area contributed by atoms with Gasteiger partial charge >= 0.3 is 12.1 Å². The molecule has 3 saturated heterocycles. The number of carbonyl (C=O) groups excluding carboxylic acids is 3. The highest BCUT2D eigenvalue weighted by Crippen LogP contribution is 2.31. The van der Waals surface area contributed by atoms with Crippen LogP contribution in [0.3, 0.4) is 0 Å². The molecule has 3 heterocycles. The Hall–Kier alpha value is -1.83. The molecule has 0 aromatic carbocycles. The fourth-order valence-corrected chi connectivity index (χ4v) is 3.25. The van der Waals surface area contributed by atoms with E-state index in [4.69, 9.17) is 5.73 Å². The highest BCUT2D eigenvalue weighted by atomic mass is 16.2. The Morgan fingerprint density at radius 3 is 2.40 bits per heavy atom. The molecule has 20 heavy (non-hydrogen) atoms. The van der Waals surface area contributed by atoms with Crippen molar-refractivity contribution in [3.05, 3.63) is 0 Å². The number of nitrogens with two attached hydrogens (primary N) is 1. The number of hydrogen-bond acceptors (Lipinski definition) is 4. The predicted molar refractivity (Wildman–Crippen MR) is 69.8 cm³/mol. The van der Waals surface area contributed by atoms with Crippen molar-refractivity contribution >= 4 is 18.0 Å². The van der Waals surface area contributed by atoms with Crippen molar-refractivity contribution in [2.45, 2.75) is 24.4 Å². The largest absolute Gasteiger partial charge is 0.351 e. The second kappa shape index (κ2) is 4.34. The highest BCUT2D eigenvalue weighted by Gasteiger charge is 2.55. The third-order valence-electron chi connectivity index (χ3n) is 4.53. The van der Waals surface area contributed by atoms with E-state index in [1.165, 1.54) is 9.80 Å². The molecule has 3 N–H and O–H groups in total. The van der Waals surface area contributed by atoms with Gasteiger partial charge in [-0.25, -0.2) is 9.59 Å². The maximum absolute atomic E-state index is 12.6. The van der Waals surface area contributed by atoms with Crippen LogP contribution in [0, 0.1) is 0 Å². The molecule has 8 heteroatoms. The quantitative estimate of drug-likeness (QED) is 0.588. The standard InChI is InChI=1S/C12H19N5O3/c1-15-6-8(7-15)17-9(18)12(14-11(17)20)2-4-16(5-3-12)10(13)19/h8H,2-7H2,1H3,(H2,13,19)(H,14,20). The maximum atomic E-state index is 12.6. The summed E-state index contributed by atoms with van der Waals surface area (Å²) in [5, 5.41) is 2.83. The summed E-state index contributed by atoms with van der Waals surface area (Å²) in [5.74, 6) is -0.148. The van der Waals surface area contributed by atoms with Gasteiger partial charge in [-0.1, -0.05) is 0 Å². The number of nitrogens with one attached hydrogen (secondary N) is 1. The van der Waals surface area contributed by atoms with E-state index < -0.39 is 11.6 Å². The van der Waals surface area contributed by atoms with E-state index in [2.05, 4.69) is 10.2 Å². The van der Waals surface area contributed by atoms with Crippen molar-refractivity contribution in [3.8, 4) is 0 Å². The van der Waals surface area contributed by atoms with Crippen LogP contribution in [0.15, 0.2) is 0 Å².